The fraction of sp³-hybridized carbons (Fsp3) is 0.214. The van der Waals surface area contributed by atoms with E-state index in [1.807, 2.05) is 44.2 Å². The quantitative estimate of drug-likeness (QED) is 0.505. The minimum Gasteiger partial charge on any atom is -0.481 e. The standard InChI is InChI=1S/C28H27N3O5/c1-19(2)30(20-11-5-3-6-12-20)25(32)18-29-23-15-9-10-16-24(23)31(21-13-7-4-8-14-21)28(36)22(27(29)35)17-26(33)34/h3-16,19,22H,17-18H2,1-2H3,(H,33,34). The summed E-state index contributed by atoms with van der Waals surface area (Å²) in [6.45, 7) is 3.39. The van der Waals surface area contributed by atoms with Gasteiger partial charge in [-0.3, -0.25) is 24.1 Å². The number of benzene rings is 3. The lowest BCUT2D eigenvalue weighted by Crippen LogP contribution is -2.48. The van der Waals surface area contributed by atoms with E-state index in [9.17, 15) is 24.3 Å². The van der Waals surface area contributed by atoms with E-state index < -0.39 is 30.1 Å². The van der Waals surface area contributed by atoms with E-state index in [1.54, 1.807) is 59.5 Å². The van der Waals surface area contributed by atoms with Crippen molar-refractivity contribution < 1.29 is 24.3 Å². The lowest BCUT2D eigenvalue weighted by Gasteiger charge is -2.31. The number of carbonyl (C=O) groups is 4. The molecule has 0 saturated heterocycles. The number of carboxylic acid groups (broad SMARTS) is 1. The third-order valence-electron chi connectivity index (χ3n) is 6.00. The van der Waals surface area contributed by atoms with Crippen LogP contribution >= 0.6 is 0 Å². The van der Waals surface area contributed by atoms with Crippen molar-refractivity contribution in [1.29, 1.82) is 0 Å². The summed E-state index contributed by atoms with van der Waals surface area (Å²) in [5.74, 6) is -4.50. The van der Waals surface area contributed by atoms with Gasteiger partial charge < -0.3 is 14.9 Å². The minimum atomic E-state index is -1.49. The Bertz CT molecular complexity index is 1280. The van der Waals surface area contributed by atoms with Crippen LogP contribution in [0.2, 0.25) is 0 Å². The van der Waals surface area contributed by atoms with Crippen molar-refractivity contribution in [2.24, 2.45) is 5.92 Å². The fourth-order valence-electron chi connectivity index (χ4n) is 4.45. The molecule has 0 aliphatic carbocycles. The van der Waals surface area contributed by atoms with E-state index in [0.29, 0.717) is 22.7 Å². The van der Waals surface area contributed by atoms with Gasteiger partial charge in [0.05, 0.1) is 17.8 Å². The van der Waals surface area contributed by atoms with Crippen molar-refractivity contribution in [3.05, 3.63) is 84.9 Å². The van der Waals surface area contributed by atoms with Gasteiger partial charge >= 0.3 is 5.97 Å². The van der Waals surface area contributed by atoms with Gasteiger partial charge in [-0.15, -0.1) is 0 Å². The first-order valence-corrected chi connectivity index (χ1v) is 11.7. The zero-order valence-electron chi connectivity index (χ0n) is 20.1. The third kappa shape index (κ3) is 4.84. The summed E-state index contributed by atoms with van der Waals surface area (Å²) in [6, 6.07) is 24.4. The number of rotatable bonds is 7. The summed E-state index contributed by atoms with van der Waals surface area (Å²) in [5.41, 5.74) is 1.94. The highest BCUT2D eigenvalue weighted by molar-refractivity contribution is 6.22. The number of carboxylic acids is 1. The van der Waals surface area contributed by atoms with Crippen LogP contribution < -0.4 is 14.7 Å². The van der Waals surface area contributed by atoms with Crippen LogP contribution in [-0.4, -0.2) is 41.4 Å². The summed E-state index contributed by atoms with van der Waals surface area (Å²) >= 11 is 0. The number of aliphatic carboxylic acids is 1. The molecule has 8 heteroatoms. The molecule has 0 spiro atoms. The molecule has 1 aliphatic rings. The van der Waals surface area contributed by atoms with Gasteiger partial charge in [0.2, 0.25) is 17.7 Å². The molecule has 3 aromatic rings. The van der Waals surface area contributed by atoms with E-state index in [2.05, 4.69) is 0 Å². The summed E-state index contributed by atoms with van der Waals surface area (Å²) in [5, 5.41) is 9.53. The van der Waals surface area contributed by atoms with Crippen molar-refractivity contribution in [2.45, 2.75) is 26.3 Å². The fourth-order valence-corrected chi connectivity index (χ4v) is 4.45. The Balaban J connectivity index is 1.82. The summed E-state index contributed by atoms with van der Waals surface area (Å²) in [7, 11) is 0. The first-order chi connectivity index (χ1) is 17.3. The van der Waals surface area contributed by atoms with Gasteiger partial charge in [-0.2, -0.15) is 0 Å². The number of nitrogens with zero attached hydrogens (tertiary/aromatic N) is 3. The lowest BCUT2D eigenvalue weighted by atomic mass is 10.0. The Morgan fingerprint density at radius 1 is 0.833 bits per heavy atom. The van der Waals surface area contributed by atoms with Gasteiger partial charge in [0.1, 0.15) is 12.5 Å². The number of para-hydroxylation sites is 4. The van der Waals surface area contributed by atoms with Gasteiger partial charge in [-0.05, 0) is 50.2 Å². The number of hydrogen-bond acceptors (Lipinski definition) is 4. The Morgan fingerprint density at radius 2 is 1.39 bits per heavy atom. The first-order valence-electron chi connectivity index (χ1n) is 11.7. The van der Waals surface area contributed by atoms with Crippen LogP contribution in [0.25, 0.3) is 0 Å². The zero-order chi connectivity index (χ0) is 25.8. The van der Waals surface area contributed by atoms with Gasteiger partial charge in [0, 0.05) is 17.4 Å². The van der Waals surface area contributed by atoms with Crippen molar-refractivity contribution in [2.75, 3.05) is 21.2 Å². The molecule has 1 heterocycles. The molecule has 0 radical (unpaired) electrons. The van der Waals surface area contributed by atoms with Gasteiger partial charge in [0.15, 0.2) is 0 Å². The zero-order valence-corrected chi connectivity index (χ0v) is 20.1. The molecule has 8 nitrogen and oxygen atoms in total. The monoisotopic (exact) mass is 485 g/mol. The van der Waals surface area contributed by atoms with Gasteiger partial charge in [0.25, 0.3) is 0 Å². The van der Waals surface area contributed by atoms with E-state index in [0.717, 1.165) is 0 Å². The van der Waals surface area contributed by atoms with Crippen LogP contribution in [0.3, 0.4) is 0 Å². The number of fused-ring (bicyclic) bond motifs is 1. The number of carbonyl (C=O) groups excluding carboxylic acids is 3. The lowest BCUT2D eigenvalue weighted by molar-refractivity contribution is -0.144. The Morgan fingerprint density at radius 3 is 1.97 bits per heavy atom. The predicted octanol–water partition coefficient (Wildman–Crippen LogP) is 4.23. The van der Waals surface area contributed by atoms with Crippen molar-refractivity contribution in [1.82, 2.24) is 0 Å². The Labute approximate surface area is 209 Å². The highest BCUT2D eigenvalue weighted by Crippen LogP contribution is 2.40. The van der Waals surface area contributed by atoms with Crippen molar-refractivity contribution in [3.8, 4) is 0 Å². The van der Waals surface area contributed by atoms with Crippen molar-refractivity contribution in [3.63, 3.8) is 0 Å². The molecule has 0 aromatic heterocycles. The molecule has 3 aromatic carbocycles. The molecule has 1 N–H and O–H groups in total. The SMILES string of the molecule is CC(C)N(C(=O)CN1C(=O)C(CC(=O)O)C(=O)N(c2ccccc2)c2ccccc21)c1ccccc1. The number of amides is 3. The molecule has 0 saturated carbocycles. The minimum absolute atomic E-state index is 0.200. The Hall–Kier alpha value is -4.46. The first kappa shape index (κ1) is 24.7. The second-order valence-corrected chi connectivity index (χ2v) is 8.77. The molecule has 1 unspecified atom stereocenters. The molecule has 3 amide bonds. The highest BCUT2D eigenvalue weighted by Gasteiger charge is 2.43. The Kier molecular flexibility index (Phi) is 7.15. The molecule has 0 bridgehead atoms. The summed E-state index contributed by atoms with van der Waals surface area (Å²) in [6.07, 6.45) is -0.688. The van der Waals surface area contributed by atoms with Crippen molar-refractivity contribution >= 4 is 46.4 Å². The van der Waals surface area contributed by atoms with Crippen LogP contribution in [-0.2, 0) is 19.2 Å². The van der Waals surface area contributed by atoms with Crippen LogP contribution in [0.5, 0.6) is 0 Å². The normalized spacial score (nSPS) is 15.5. The predicted molar refractivity (Wildman–Crippen MR) is 137 cm³/mol. The smallest absolute Gasteiger partial charge is 0.304 e. The second kappa shape index (κ2) is 10.4. The molecule has 4 rings (SSSR count). The van der Waals surface area contributed by atoms with E-state index in [-0.39, 0.29) is 18.5 Å². The van der Waals surface area contributed by atoms with Crippen LogP contribution in [0.1, 0.15) is 20.3 Å². The van der Waals surface area contributed by atoms with E-state index >= 15 is 0 Å². The topological polar surface area (TPSA) is 98.2 Å². The average molecular weight is 486 g/mol. The second-order valence-electron chi connectivity index (χ2n) is 8.77. The molecule has 1 aliphatic heterocycles. The van der Waals surface area contributed by atoms with Crippen LogP contribution in [0.4, 0.5) is 22.7 Å². The van der Waals surface area contributed by atoms with Gasteiger partial charge in [-0.25, -0.2) is 0 Å². The average Bonchev–Trinajstić information content (AvgIpc) is 2.94. The third-order valence-corrected chi connectivity index (χ3v) is 6.00. The summed E-state index contributed by atoms with van der Waals surface area (Å²) < 4.78 is 0. The molecule has 36 heavy (non-hydrogen) atoms. The van der Waals surface area contributed by atoms with Crippen LogP contribution in [0.15, 0.2) is 84.9 Å². The highest BCUT2D eigenvalue weighted by atomic mass is 16.4. The molecular formula is C28H27N3O5. The molecule has 184 valence electrons. The molecular weight excluding hydrogens is 458 g/mol. The maximum Gasteiger partial charge on any atom is 0.304 e. The summed E-state index contributed by atoms with van der Waals surface area (Å²) in [4.78, 5) is 56.9. The number of anilines is 4. The van der Waals surface area contributed by atoms with E-state index in [4.69, 9.17) is 0 Å². The molecule has 1 atom stereocenters. The largest absolute Gasteiger partial charge is 0.481 e. The number of hydrogen-bond donors (Lipinski definition) is 1. The van der Waals surface area contributed by atoms with Gasteiger partial charge in [-0.1, -0.05) is 48.5 Å². The molecule has 0 fully saturated rings. The van der Waals surface area contributed by atoms with Crippen LogP contribution in [0, 0.1) is 5.92 Å². The maximum atomic E-state index is 13.7. The van der Waals surface area contributed by atoms with E-state index in [1.165, 1.54) is 9.80 Å². The maximum absolute atomic E-state index is 13.7.